The molecule has 0 radical (unpaired) electrons. The van der Waals surface area contributed by atoms with Crippen molar-refractivity contribution in [3.63, 3.8) is 0 Å². The van der Waals surface area contributed by atoms with Gasteiger partial charge < -0.3 is 4.42 Å². The number of pyridine rings is 1. The summed E-state index contributed by atoms with van der Waals surface area (Å²) in [6, 6.07) is 43.3. The van der Waals surface area contributed by atoms with Gasteiger partial charge in [-0.25, -0.2) is 15.0 Å². The van der Waals surface area contributed by atoms with E-state index in [1.54, 1.807) is 0 Å². The van der Waals surface area contributed by atoms with E-state index in [-0.39, 0.29) is 0 Å². The SMILES string of the molecule is c1ccc(-c2ccc(-c3nc(-c4ccc5ccccc5n4)nc4ccccc34)c3oc4ccccc4c23)cc1. The van der Waals surface area contributed by atoms with Crippen molar-refractivity contribution < 1.29 is 4.42 Å². The Balaban J connectivity index is 1.44. The van der Waals surface area contributed by atoms with Crippen LogP contribution in [-0.2, 0) is 0 Å². The summed E-state index contributed by atoms with van der Waals surface area (Å²) in [5, 5.41) is 4.23. The maximum atomic E-state index is 6.58. The lowest BCUT2D eigenvalue weighted by molar-refractivity contribution is 0.670. The number of furan rings is 1. The second kappa shape index (κ2) is 8.61. The van der Waals surface area contributed by atoms with E-state index in [4.69, 9.17) is 19.4 Å². The van der Waals surface area contributed by atoms with E-state index in [9.17, 15) is 0 Å². The summed E-state index contributed by atoms with van der Waals surface area (Å²) in [6.45, 7) is 0. The van der Waals surface area contributed by atoms with Gasteiger partial charge in [-0.05, 0) is 41.5 Å². The third-order valence-electron chi connectivity index (χ3n) is 7.30. The number of rotatable bonds is 3. The first-order chi connectivity index (χ1) is 19.3. The molecule has 4 heteroatoms. The van der Waals surface area contributed by atoms with E-state index in [1.807, 2.05) is 60.7 Å². The molecule has 39 heavy (non-hydrogen) atoms. The van der Waals surface area contributed by atoms with Crippen LogP contribution >= 0.6 is 0 Å². The molecule has 0 saturated heterocycles. The Hall–Kier alpha value is -5.35. The Morgan fingerprint density at radius 1 is 0.487 bits per heavy atom. The molecule has 0 aliphatic carbocycles. The molecular formula is C35H21N3O. The summed E-state index contributed by atoms with van der Waals surface area (Å²) in [5.41, 5.74) is 8.23. The lowest BCUT2D eigenvalue weighted by Crippen LogP contribution is -1.97. The summed E-state index contributed by atoms with van der Waals surface area (Å²) in [5.74, 6) is 0.589. The Labute approximate surface area is 224 Å². The van der Waals surface area contributed by atoms with Gasteiger partial charge in [-0.2, -0.15) is 0 Å². The molecule has 0 unspecified atom stereocenters. The average Bonchev–Trinajstić information content (AvgIpc) is 3.40. The van der Waals surface area contributed by atoms with Crippen molar-refractivity contribution in [1.29, 1.82) is 0 Å². The normalized spacial score (nSPS) is 11.6. The highest BCUT2D eigenvalue weighted by molar-refractivity contribution is 6.17. The predicted molar refractivity (Wildman–Crippen MR) is 158 cm³/mol. The van der Waals surface area contributed by atoms with Gasteiger partial charge in [-0.3, -0.25) is 0 Å². The minimum Gasteiger partial charge on any atom is -0.455 e. The van der Waals surface area contributed by atoms with Gasteiger partial charge in [-0.15, -0.1) is 0 Å². The first-order valence-corrected chi connectivity index (χ1v) is 13.0. The number of nitrogens with zero attached hydrogens (tertiary/aromatic N) is 3. The van der Waals surface area contributed by atoms with Crippen LogP contribution in [0.2, 0.25) is 0 Å². The van der Waals surface area contributed by atoms with Crippen LogP contribution in [0.1, 0.15) is 0 Å². The van der Waals surface area contributed by atoms with Crippen LogP contribution in [0.25, 0.3) is 77.6 Å². The number of hydrogen-bond donors (Lipinski definition) is 0. The van der Waals surface area contributed by atoms with Crippen molar-refractivity contribution in [3.8, 4) is 33.9 Å². The maximum absolute atomic E-state index is 6.58. The van der Waals surface area contributed by atoms with Crippen LogP contribution in [0.3, 0.4) is 0 Å². The zero-order valence-electron chi connectivity index (χ0n) is 20.9. The molecule has 0 aliphatic heterocycles. The van der Waals surface area contributed by atoms with Gasteiger partial charge in [0.15, 0.2) is 5.82 Å². The summed E-state index contributed by atoms with van der Waals surface area (Å²) in [6.07, 6.45) is 0. The summed E-state index contributed by atoms with van der Waals surface area (Å²) in [4.78, 5) is 14.9. The minimum atomic E-state index is 0.589. The van der Waals surface area contributed by atoms with Gasteiger partial charge >= 0.3 is 0 Å². The Kier molecular flexibility index (Phi) is 4.79. The quantitative estimate of drug-likeness (QED) is 0.243. The van der Waals surface area contributed by atoms with Crippen LogP contribution in [0.5, 0.6) is 0 Å². The van der Waals surface area contributed by atoms with Gasteiger partial charge in [0, 0.05) is 27.1 Å². The van der Waals surface area contributed by atoms with Crippen molar-refractivity contribution in [3.05, 3.63) is 127 Å². The van der Waals surface area contributed by atoms with Gasteiger partial charge in [0.05, 0.1) is 16.7 Å². The minimum absolute atomic E-state index is 0.589. The van der Waals surface area contributed by atoms with E-state index in [0.717, 1.165) is 71.8 Å². The smallest absolute Gasteiger partial charge is 0.179 e. The molecule has 182 valence electrons. The van der Waals surface area contributed by atoms with Crippen molar-refractivity contribution in [2.45, 2.75) is 0 Å². The van der Waals surface area contributed by atoms with Crippen LogP contribution in [0.4, 0.5) is 0 Å². The Morgan fingerprint density at radius 2 is 1.21 bits per heavy atom. The van der Waals surface area contributed by atoms with Crippen molar-refractivity contribution in [2.75, 3.05) is 0 Å². The number of hydrogen-bond acceptors (Lipinski definition) is 4. The van der Waals surface area contributed by atoms with E-state index in [0.29, 0.717) is 5.82 Å². The number of fused-ring (bicyclic) bond motifs is 5. The van der Waals surface area contributed by atoms with E-state index >= 15 is 0 Å². The standard InChI is InChI=1S/C35H21N3O/c1-2-10-22(11-3-1)24-19-20-27(34-32(24)26-14-6-9-17-31(26)39-34)33-25-13-5-8-16-29(25)37-35(38-33)30-21-18-23-12-4-7-15-28(23)36-30/h1-21H. The van der Waals surface area contributed by atoms with Crippen molar-refractivity contribution in [2.24, 2.45) is 0 Å². The fraction of sp³-hybridized carbons (Fsp3) is 0. The Bertz CT molecular complexity index is 2180. The lowest BCUT2D eigenvalue weighted by atomic mass is 9.95. The molecule has 0 aliphatic rings. The van der Waals surface area contributed by atoms with Crippen LogP contribution in [-0.4, -0.2) is 15.0 Å². The Morgan fingerprint density at radius 3 is 2.10 bits per heavy atom. The van der Waals surface area contributed by atoms with E-state index < -0.39 is 0 Å². The molecule has 0 atom stereocenters. The molecule has 5 aromatic carbocycles. The highest BCUT2D eigenvalue weighted by Crippen LogP contribution is 2.42. The fourth-order valence-corrected chi connectivity index (χ4v) is 5.46. The third kappa shape index (κ3) is 3.50. The molecule has 8 aromatic rings. The molecular weight excluding hydrogens is 478 g/mol. The van der Waals surface area contributed by atoms with Gasteiger partial charge in [0.1, 0.15) is 16.9 Å². The third-order valence-corrected chi connectivity index (χ3v) is 7.30. The van der Waals surface area contributed by atoms with E-state index in [1.165, 1.54) is 0 Å². The molecule has 0 spiro atoms. The highest BCUT2D eigenvalue weighted by Gasteiger charge is 2.20. The first-order valence-electron chi connectivity index (χ1n) is 13.0. The molecule has 3 heterocycles. The zero-order chi connectivity index (χ0) is 25.8. The topological polar surface area (TPSA) is 51.8 Å². The molecule has 0 amide bonds. The zero-order valence-corrected chi connectivity index (χ0v) is 20.9. The van der Waals surface area contributed by atoms with Crippen LogP contribution < -0.4 is 0 Å². The molecule has 8 rings (SSSR count). The first kappa shape index (κ1) is 21.7. The van der Waals surface area contributed by atoms with Crippen LogP contribution in [0.15, 0.2) is 132 Å². The molecule has 0 N–H and O–H groups in total. The summed E-state index contributed by atoms with van der Waals surface area (Å²) < 4.78 is 6.58. The highest BCUT2D eigenvalue weighted by atomic mass is 16.3. The maximum Gasteiger partial charge on any atom is 0.179 e. The molecule has 0 fully saturated rings. The average molecular weight is 500 g/mol. The fourth-order valence-electron chi connectivity index (χ4n) is 5.46. The molecule has 4 nitrogen and oxygen atoms in total. The number of para-hydroxylation sites is 3. The molecule has 3 aromatic heterocycles. The van der Waals surface area contributed by atoms with Crippen LogP contribution in [0, 0.1) is 0 Å². The molecule has 0 bridgehead atoms. The molecule has 0 saturated carbocycles. The largest absolute Gasteiger partial charge is 0.455 e. The summed E-state index contributed by atoms with van der Waals surface area (Å²) >= 11 is 0. The van der Waals surface area contributed by atoms with Gasteiger partial charge in [-0.1, -0.05) is 97.1 Å². The van der Waals surface area contributed by atoms with Gasteiger partial charge in [0.2, 0.25) is 0 Å². The number of benzene rings is 5. The van der Waals surface area contributed by atoms with E-state index in [2.05, 4.69) is 66.7 Å². The monoisotopic (exact) mass is 499 g/mol. The van der Waals surface area contributed by atoms with Crippen molar-refractivity contribution in [1.82, 2.24) is 15.0 Å². The van der Waals surface area contributed by atoms with Crippen molar-refractivity contribution >= 4 is 43.7 Å². The number of aromatic nitrogens is 3. The summed E-state index contributed by atoms with van der Waals surface area (Å²) in [7, 11) is 0. The second-order valence-corrected chi connectivity index (χ2v) is 9.63. The van der Waals surface area contributed by atoms with Gasteiger partial charge in [0.25, 0.3) is 0 Å². The lowest BCUT2D eigenvalue weighted by Gasteiger charge is -2.12. The predicted octanol–water partition coefficient (Wildman–Crippen LogP) is 9.08. The second-order valence-electron chi connectivity index (χ2n) is 9.63.